The van der Waals surface area contributed by atoms with Crippen molar-refractivity contribution in [3.8, 4) is 0 Å². The molecule has 1 atom stereocenters. The highest BCUT2D eigenvalue weighted by molar-refractivity contribution is 6.06. The number of hydrogen-bond donors (Lipinski definition) is 1. The van der Waals surface area contributed by atoms with E-state index in [9.17, 15) is 22.4 Å². The molecule has 0 radical (unpaired) electrons. The first kappa shape index (κ1) is 16.6. The highest BCUT2D eigenvalue weighted by atomic mass is 19.4. The average Bonchev–Trinajstić information content (AvgIpc) is 2.59. The minimum absolute atomic E-state index is 0.0356. The van der Waals surface area contributed by atoms with E-state index in [1.165, 1.54) is 0 Å². The summed E-state index contributed by atoms with van der Waals surface area (Å²) in [6, 6.07) is 13.5. The summed E-state index contributed by atoms with van der Waals surface area (Å²) >= 11 is 0. The van der Waals surface area contributed by atoms with Crippen LogP contribution < -0.4 is 5.32 Å². The van der Waals surface area contributed by atoms with Crippen LogP contribution in [-0.2, 0) is 11.0 Å². The number of nitrogens with one attached hydrogen (secondary N) is 1. The molecule has 1 aliphatic rings. The van der Waals surface area contributed by atoms with Gasteiger partial charge in [-0.1, -0.05) is 36.4 Å². The van der Waals surface area contributed by atoms with Crippen LogP contribution in [0.1, 0.15) is 29.0 Å². The maximum absolute atomic E-state index is 13.8. The molecular formula is C20H13F4NO. The molecule has 0 bridgehead atoms. The summed E-state index contributed by atoms with van der Waals surface area (Å²) in [7, 11) is 0. The van der Waals surface area contributed by atoms with Crippen LogP contribution in [0.5, 0.6) is 0 Å². The van der Waals surface area contributed by atoms with Gasteiger partial charge < -0.3 is 5.32 Å². The Morgan fingerprint density at radius 3 is 2.54 bits per heavy atom. The van der Waals surface area contributed by atoms with Crippen molar-refractivity contribution >= 4 is 22.4 Å². The van der Waals surface area contributed by atoms with Crippen molar-refractivity contribution in [2.45, 2.75) is 18.5 Å². The van der Waals surface area contributed by atoms with E-state index in [0.29, 0.717) is 17.3 Å². The second-order valence-corrected chi connectivity index (χ2v) is 6.33. The molecule has 4 rings (SSSR count). The van der Waals surface area contributed by atoms with Crippen LogP contribution in [0.25, 0.3) is 10.8 Å². The third-order valence-electron chi connectivity index (χ3n) is 4.64. The zero-order valence-electron chi connectivity index (χ0n) is 13.4. The topological polar surface area (TPSA) is 29.1 Å². The maximum Gasteiger partial charge on any atom is 0.416 e. The Balaban J connectivity index is 1.91. The van der Waals surface area contributed by atoms with Crippen molar-refractivity contribution in [1.82, 2.24) is 0 Å². The molecule has 26 heavy (non-hydrogen) atoms. The lowest BCUT2D eigenvalue weighted by molar-refractivity contribution is -0.137. The van der Waals surface area contributed by atoms with Gasteiger partial charge in [0, 0.05) is 17.7 Å². The second-order valence-electron chi connectivity index (χ2n) is 6.33. The molecule has 0 saturated carbocycles. The lowest BCUT2D eigenvalue weighted by Gasteiger charge is -2.27. The van der Waals surface area contributed by atoms with E-state index in [1.807, 2.05) is 30.3 Å². The predicted octanol–water partition coefficient (Wildman–Crippen LogP) is 5.47. The summed E-state index contributed by atoms with van der Waals surface area (Å²) in [5.74, 6) is -1.92. The van der Waals surface area contributed by atoms with Crippen LogP contribution in [0, 0.1) is 5.82 Å². The number of benzene rings is 3. The maximum atomic E-state index is 13.8. The van der Waals surface area contributed by atoms with Crippen LogP contribution in [0.4, 0.5) is 23.2 Å². The minimum atomic E-state index is -4.65. The van der Waals surface area contributed by atoms with Crippen LogP contribution in [0.3, 0.4) is 0 Å². The van der Waals surface area contributed by atoms with Crippen molar-refractivity contribution in [3.63, 3.8) is 0 Å². The zero-order valence-corrected chi connectivity index (χ0v) is 13.4. The predicted molar refractivity (Wildman–Crippen MR) is 90.4 cm³/mol. The first-order chi connectivity index (χ1) is 12.3. The quantitative estimate of drug-likeness (QED) is 0.574. The molecule has 0 fully saturated rings. The number of rotatable bonds is 1. The summed E-state index contributed by atoms with van der Waals surface area (Å²) in [6.07, 6.45) is -4.69. The molecule has 0 aromatic heterocycles. The summed E-state index contributed by atoms with van der Waals surface area (Å²) in [6.45, 7) is 0. The van der Waals surface area contributed by atoms with Crippen molar-refractivity contribution < 1.29 is 22.4 Å². The lowest BCUT2D eigenvalue weighted by atomic mass is 9.82. The molecule has 132 valence electrons. The van der Waals surface area contributed by atoms with Crippen molar-refractivity contribution in [2.24, 2.45) is 0 Å². The van der Waals surface area contributed by atoms with Gasteiger partial charge >= 0.3 is 6.18 Å². The van der Waals surface area contributed by atoms with E-state index in [1.54, 1.807) is 6.07 Å². The molecule has 1 aliphatic heterocycles. The summed E-state index contributed by atoms with van der Waals surface area (Å²) in [5.41, 5.74) is 0.341. The Hall–Kier alpha value is -2.89. The zero-order chi connectivity index (χ0) is 18.5. The fourth-order valence-electron chi connectivity index (χ4n) is 3.48. The van der Waals surface area contributed by atoms with Gasteiger partial charge in [-0.2, -0.15) is 13.2 Å². The third-order valence-corrected chi connectivity index (χ3v) is 4.64. The van der Waals surface area contributed by atoms with E-state index in [2.05, 4.69) is 5.32 Å². The van der Waals surface area contributed by atoms with Gasteiger partial charge in [0.05, 0.1) is 11.3 Å². The Kier molecular flexibility index (Phi) is 3.72. The Morgan fingerprint density at radius 2 is 1.77 bits per heavy atom. The van der Waals surface area contributed by atoms with Gasteiger partial charge in [-0.05, 0) is 34.7 Å². The number of halogens is 4. The van der Waals surface area contributed by atoms with E-state index in [-0.39, 0.29) is 17.9 Å². The average molecular weight is 359 g/mol. The Labute approximate surface area is 146 Å². The standard InChI is InChI=1S/C20H13F4NO/c21-14-8-12(7-13(9-14)20(22,23)24)17-10-18(26)25-19-15-4-2-1-3-11(15)5-6-16(17)19/h1-9,17H,10H2,(H,25,26). The summed E-state index contributed by atoms with van der Waals surface area (Å²) in [5, 5.41) is 4.51. The number of amides is 1. The van der Waals surface area contributed by atoms with Gasteiger partial charge in [-0.25, -0.2) is 4.39 Å². The molecule has 1 unspecified atom stereocenters. The Morgan fingerprint density at radius 1 is 1.00 bits per heavy atom. The number of carbonyl (C=O) groups excluding carboxylic acids is 1. The largest absolute Gasteiger partial charge is 0.416 e. The van der Waals surface area contributed by atoms with Gasteiger partial charge in [-0.15, -0.1) is 0 Å². The molecule has 2 nitrogen and oxygen atoms in total. The van der Waals surface area contributed by atoms with Gasteiger partial charge in [-0.3, -0.25) is 4.79 Å². The number of fused-ring (bicyclic) bond motifs is 3. The van der Waals surface area contributed by atoms with Gasteiger partial charge in [0.25, 0.3) is 0 Å². The fourth-order valence-corrected chi connectivity index (χ4v) is 3.48. The first-order valence-corrected chi connectivity index (χ1v) is 8.02. The van der Waals surface area contributed by atoms with Crippen LogP contribution in [0.2, 0.25) is 0 Å². The molecule has 3 aromatic rings. The molecule has 0 aliphatic carbocycles. The highest BCUT2D eigenvalue weighted by Gasteiger charge is 2.34. The fraction of sp³-hybridized carbons (Fsp3) is 0.150. The SMILES string of the molecule is O=C1CC(c2cc(F)cc(C(F)(F)F)c2)c2ccc3ccccc3c2N1. The molecule has 0 spiro atoms. The number of alkyl halides is 3. The number of carbonyl (C=O) groups is 1. The van der Waals surface area contributed by atoms with Crippen molar-refractivity contribution in [1.29, 1.82) is 0 Å². The van der Waals surface area contributed by atoms with Gasteiger partial charge in [0.15, 0.2) is 0 Å². The molecule has 3 aromatic carbocycles. The van der Waals surface area contributed by atoms with Crippen LogP contribution in [0.15, 0.2) is 54.6 Å². The number of hydrogen-bond acceptors (Lipinski definition) is 1. The molecule has 1 amide bonds. The minimum Gasteiger partial charge on any atom is -0.325 e. The van der Waals surface area contributed by atoms with Crippen molar-refractivity contribution in [2.75, 3.05) is 5.32 Å². The molecular weight excluding hydrogens is 346 g/mol. The van der Waals surface area contributed by atoms with Gasteiger partial charge in [0.2, 0.25) is 5.91 Å². The molecule has 6 heteroatoms. The molecule has 0 saturated heterocycles. The molecule has 1 N–H and O–H groups in total. The van der Waals surface area contributed by atoms with Gasteiger partial charge in [0.1, 0.15) is 5.82 Å². The summed E-state index contributed by atoms with van der Waals surface area (Å²) < 4.78 is 53.0. The van der Waals surface area contributed by atoms with E-state index in [4.69, 9.17) is 0 Å². The van der Waals surface area contributed by atoms with E-state index < -0.39 is 23.5 Å². The third kappa shape index (κ3) is 2.81. The highest BCUT2D eigenvalue weighted by Crippen LogP contribution is 2.42. The lowest BCUT2D eigenvalue weighted by Crippen LogP contribution is -2.24. The van der Waals surface area contributed by atoms with Crippen LogP contribution >= 0.6 is 0 Å². The monoisotopic (exact) mass is 359 g/mol. The summed E-state index contributed by atoms with van der Waals surface area (Å²) in [4.78, 5) is 12.2. The second kappa shape index (κ2) is 5.83. The number of anilines is 1. The smallest absolute Gasteiger partial charge is 0.325 e. The normalized spacial score (nSPS) is 17.1. The van der Waals surface area contributed by atoms with Crippen molar-refractivity contribution in [3.05, 3.63) is 77.1 Å². The van der Waals surface area contributed by atoms with E-state index in [0.717, 1.165) is 22.9 Å². The molecule has 1 heterocycles. The first-order valence-electron chi connectivity index (χ1n) is 8.02. The van der Waals surface area contributed by atoms with E-state index >= 15 is 0 Å². The Bertz CT molecular complexity index is 1030. The van der Waals surface area contributed by atoms with Crippen LogP contribution in [-0.4, -0.2) is 5.91 Å².